The van der Waals surface area contributed by atoms with Gasteiger partial charge in [0.1, 0.15) is 0 Å². The Morgan fingerprint density at radius 3 is 1.32 bits per heavy atom. The predicted molar refractivity (Wildman–Crippen MR) is 124 cm³/mol. The van der Waals surface area contributed by atoms with Crippen LogP contribution in [0.3, 0.4) is 0 Å². The number of aromatic amines is 2. The number of hydrogen-bond donors (Lipinski definition) is 2. The van der Waals surface area contributed by atoms with E-state index in [1.165, 1.54) is 0 Å². The summed E-state index contributed by atoms with van der Waals surface area (Å²) in [6.45, 7) is 0. The van der Waals surface area contributed by atoms with E-state index >= 15 is 0 Å². The molecule has 1 aromatic carbocycles. The van der Waals surface area contributed by atoms with E-state index in [-0.39, 0.29) is 19.5 Å². The number of hydrogen-bond acceptors (Lipinski definition) is 2. The summed E-state index contributed by atoms with van der Waals surface area (Å²) in [4.78, 5) is 16.0. The Morgan fingerprint density at radius 1 is 0.516 bits per heavy atom. The summed E-state index contributed by atoms with van der Waals surface area (Å²) in [5, 5.41) is 0. The average molecular weight is 453 g/mol. The molecular formula is C26H19N4Zn-. The summed E-state index contributed by atoms with van der Waals surface area (Å²) in [7, 11) is 0. The molecule has 0 atom stereocenters. The summed E-state index contributed by atoms with van der Waals surface area (Å²) >= 11 is 0. The molecular weight excluding hydrogens is 434 g/mol. The molecule has 0 unspecified atom stereocenters. The van der Waals surface area contributed by atoms with E-state index in [2.05, 4.69) is 56.3 Å². The zero-order valence-electron chi connectivity index (χ0n) is 16.9. The van der Waals surface area contributed by atoms with Crippen molar-refractivity contribution in [3.05, 3.63) is 108 Å². The van der Waals surface area contributed by atoms with Crippen LogP contribution < -0.4 is 0 Å². The molecule has 5 heteroatoms. The molecule has 5 heterocycles. The third kappa shape index (κ3) is 5.33. The van der Waals surface area contributed by atoms with Gasteiger partial charge in [-0.2, -0.15) is 36.4 Å². The van der Waals surface area contributed by atoms with Gasteiger partial charge in [0.25, 0.3) is 0 Å². The number of benzene rings is 1. The van der Waals surface area contributed by atoms with Crippen LogP contribution in [0.2, 0.25) is 0 Å². The molecule has 2 aliphatic rings. The fourth-order valence-corrected chi connectivity index (χ4v) is 3.29. The molecule has 31 heavy (non-hydrogen) atoms. The predicted octanol–water partition coefficient (Wildman–Crippen LogP) is 6.14. The summed E-state index contributed by atoms with van der Waals surface area (Å²) in [6, 6.07) is 28.9. The van der Waals surface area contributed by atoms with Crippen molar-refractivity contribution in [1.82, 2.24) is 19.9 Å². The van der Waals surface area contributed by atoms with E-state index < -0.39 is 0 Å². The third-order valence-electron chi connectivity index (χ3n) is 4.65. The van der Waals surface area contributed by atoms with Crippen LogP contribution in [0, 0.1) is 6.07 Å². The Bertz CT molecular complexity index is 1280. The molecule has 0 saturated heterocycles. The first kappa shape index (κ1) is 20.7. The Hall–Kier alpha value is -3.56. The first-order valence-corrected chi connectivity index (χ1v) is 9.76. The van der Waals surface area contributed by atoms with Crippen LogP contribution in [0.5, 0.6) is 0 Å². The molecule has 0 aliphatic carbocycles. The molecule has 0 amide bonds. The van der Waals surface area contributed by atoms with Crippen molar-refractivity contribution in [1.29, 1.82) is 0 Å². The van der Waals surface area contributed by atoms with Crippen molar-refractivity contribution in [2.45, 2.75) is 0 Å². The number of fused-ring (bicyclic) bond motifs is 8. The number of rotatable bonds is 0. The van der Waals surface area contributed by atoms with E-state index in [1.54, 1.807) is 0 Å². The summed E-state index contributed by atoms with van der Waals surface area (Å²) in [5.74, 6) is 0. The Balaban J connectivity index is 0.000000288. The van der Waals surface area contributed by atoms with Gasteiger partial charge in [0.05, 0.1) is 22.8 Å². The van der Waals surface area contributed by atoms with Crippen molar-refractivity contribution in [3.8, 4) is 0 Å². The monoisotopic (exact) mass is 451 g/mol. The van der Waals surface area contributed by atoms with Gasteiger partial charge in [0.15, 0.2) is 0 Å². The van der Waals surface area contributed by atoms with Crippen molar-refractivity contribution in [2.24, 2.45) is 0 Å². The van der Waals surface area contributed by atoms with Crippen LogP contribution in [-0.4, -0.2) is 19.9 Å². The molecule has 0 radical (unpaired) electrons. The zero-order chi connectivity index (χ0) is 20.2. The maximum Gasteiger partial charge on any atom is 0.0659 e. The van der Waals surface area contributed by atoms with Crippen molar-refractivity contribution in [2.75, 3.05) is 0 Å². The van der Waals surface area contributed by atoms with E-state index in [9.17, 15) is 0 Å². The molecule has 3 aromatic heterocycles. The second-order valence-electron chi connectivity index (χ2n) is 6.98. The molecule has 4 aromatic rings. The van der Waals surface area contributed by atoms with E-state index in [0.29, 0.717) is 0 Å². The molecule has 0 saturated carbocycles. The molecule has 146 valence electrons. The second kappa shape index (κ2) is 9.50. The maximum absolute atomic E-state index is 4.62. The van der Waals surface area contributed by atoms with Crippen molar-refractivity contribution >= 4 is 46.4 Å². The third-order valence-corrected chi connectivity index (χ3v) is 4.65. The minimum absolute atomic E-state index is 0. The maximum atomic E-state index is 4.62. The Kier molecular flexibility index (Phi) is 6.35. The summed E-state index contributed by atoms with van der Waals surface area (Å²) in [6.07, 6.45) is 8.05. The van der Waals surface area contributed by atoms with Gasteiger partial charge in [-0.15, -0.1) is 0 Å². The minimum atomic E-state index is 0. The van der Waals surface area contributed by atoms with Crippen LogP contribution in [0.4, 0.5) is 0 Å². The molecule has 2 N–H and O–H groups in total. The molecule has 4 nitrogen and oxygen atoms in total. The molecule has 2 aliphatic heterocycles. The van der Waals surface area contributed by atoms with E-state index in [0.717, 1.165) is 44.8 Å². The summed E-state index contributed by atoms with van der Waals surface area (Å²) in [5.41, 5.74) is 7.86. The minimum Gasteiger partial charge on any atom is -0.355 e. The smallest absolute Gasteiger partial charge is 0.0659 e. The molecule has 0 spiro atoms. The SMILES string of the molecule is C1=Cc2cc3ccc(cc4ccc(cc5nc(cc1n2)C=C5)[nH]4)[nH]3.[Zn].[c-]1ccccc1. The van der Waals surface area contributed by atoms with Gasteiger partial charge < -0.3 is 9.97 Å². The quantitative estimate of drug-likeness (QED) is 0.215. The van der Waals surface area contributed by atoms with Crippen LogP contribution in [-0.2, 0) is 19.5 Å². The normalized spacial score (nSPS) is 11.4. The van der Waals surface area contributed by atoms with Gasteiger partial charge >= 0.3 is 0 Å². The van der Waals surface area contributed by atoms with Gasteiger partial charge in [0.2, 0.25) is 0 Å². The van der Waals surface area contributed by atoms with Crippen molar-refractivity contribution in [3.63, 3.8) is 0 Å². The largest absolute Gasteiger partial charge is 0.355 e. The van der Waals surface area contributed by atoms with Crippen LogP contribution in [0.1, 0.15) is 22.8 Å². The summed E-state index contributed by atoms with van der Waals surface area (Å²) < 4.78 is 0. The standard InChI is InChI=1S/C20H14N4.C6H5.Zn/c1-2-14-10-16-5-6-18(23-16)12-20-8-7-19(24-20)11-17-4-3-15(22-17)9-13(1)21-14;1-2-4-6-5-3-1;/h1-12,21-22H;1-5H;/q;-1;. The van der Waals surface area contributed by atoms with Gasteiger partial charge in [-0.05, 0) is 72.8 Å². The average Bonchev–Trinajstić information content (AvgIpc) is 3.56. The number of nitrogens with one attached hydrogen (secondary N) is 2. The van der Waals surface area contributed by atoms with Gasteiger partial charge in [-0.1, -0.05) is 0 Å². The molecule has 6 rings (SSSR count). The van der Waals surface area contributed by atoms with Crippen LogP contribution in [0.25, 0.3) is 46.4 Å². The van der Waals surface area contributed by atoms with Gasteiger partial charge in [-0.25, -0.2) is 9.97 Å². The van der Waals surface area contributed by atoms with Crippen molar-refractivity contribution < 1.29 is 19.5 Å². The van der Waals surface area contributed by atoms with Gasteiger partial charge in [-0.3, -0.25) is 0 Å². The van der Waals surface area contributed by atoms with E-state index in [1.807, 2.05) is 72.8 Å². The van der Waals surface area contributed by atoms with Gasteiger partial charge in [0, 0.05) is 41.5 Å². The second-order valence-corrected chi connectivity index (χ2v) is 6.98. The first-order valence-electron chi connectivity index (χ1n) is 9.76. The Morgan fingerprint density at radius 2 is 0.935 bits per heavy atom. The molecule has 8 bridgehead atoms. The number of nitrogens with zero attached hydrogens (tertiary/aromatic N) is 2. The number of H-pyrrole nitrogens is 2. The fourth-order valence-electron chi connectivity index (χ4n) is 3.29. The molecule has 0 fully saturated rings. The van der Waals surface area contributed by atoms with Crippen LogP contribution >= 0.6 is 0 Å². The topological polar surface area (TPSA) is 57.4 Å². The van der Waals surface area contributed by atoms with E-state index in [4.69, 9.17) is 0 Å². The fraction of sp³-hybridized carbons (Fsp3) is 0. The van der Waals surface area contributed by atoms with Crippen LogP contribution in [0.15, 0.2) is 78.9 Å². The first-order chi connectivity index (χ1) is 14.8. The number of aromatic nitrogens is 4. The Labute approximate surface area is 193 Å². The zero-order valence-corrected chi connectivity index (χ0v) is 19.9.